The van der Waals surface area contributed by atoms with Crippen molar-refractivity contribution in [2.75, 3.05) is 18.0 Å². The maximum Gasteiger partial charge on any atom is 0.247 e. The van der Waals surface area contributed by atoms with Crippen molar-refractivity contribution in [1.82, 2.24) is 9.47 Å². The molecule has 178 valence electrons. The molecule has 0 saturated heterocycles. The van der Waals surface area contributed by atoms with Crippen molar-refractivity contribution in [1.29, 1.82) is 0 Å². The summed E-state index contributed by atoms with van der Waals surface area (Å²) < 4.78 is 2.17. The van der Waals surface area contributed by atoms with E-state index < -0.39 is 0 Å². The van der Waals surface area contributed by atoms with Gasteiger partial charge in [0, 0.05) is 19.2 Å². The minimum atomic E-state index is -0.248. The van der Waals surface area contributed by atoms with Gasteiger partial charge in [-0.15, -0.1) is 0 Å². The molecule has 0 fully saturated rings. The number of anilines is 1. The summed E-state index contributed by atoms with van der Waals surface area (Å²) in [4.78, 5) is 30.7. The molecule has 1 aliphatic rings. The molecule has 34 heavy (non-hydrogen) atoms. The zero-order chi connectivity index (χ0) is 23.9. The van der Waals surface area contributed by atoms with E-state index in [2.05, 4.69) is 42.8 Å². The highest BCUT2D eigenvalue weighted by atomic mass is 16.2. The predicted molar refractivity (Wildman–Crippen MR) is 137 cm³/mol. The lowest BCUT2D eigenvalue weighted by molar-refractivity contribution is -0.135. The second-order valence-electron chi connectivity index (χ2n) is 8.99. The Labute approximate surface area is 203 Å². The van der Waals surface area contributed by atoms with Crippen molar-refractivity contribution in [2.24, 2.45) is 0 Å². The Morgan fingerprint density at radius 2 is 1.53 bits per heavy atom. The normalized spacial score (nSPS) is 14.4. The summed E-state index contributed by atoms with van der Waals surface area (Å²) in [5.74, 6) is 0.0360. The second kappa shape index (κ2) is 11.2. The molecule has 2 aromatic carbocycles. The van der Waals surface area contributed by atoms with Crippen LogP contribution in [0.2, 0.25) is 0 Å². The quantitative estimate of drug-likeness (QED) is 0.344. The van der Waals surface area contributed by atoms with Crippen LogP contribution in [0, 0.1) is 0 Å². The Morgan fingerprint density at radius 3 is 2.26 bits per heavy atom. The van der Waals surface area contributed by atoms with Gasteiger partial charge in [0.15, 0.2) is 0 Å². The van der Waals surface area contributed by atoms with Gasteiger partial charge in [0.2, 0.25) is 11.8 Å². The van der Waals surface area contributed by atoms with Crippen LogP contribution >= 0.6 is 0 Å². The number of aromatic nitrogens is 1. The number of amides is 2. The third-order valence-corrected chi connectivity index (χ3v) is 6.56. The van der Waals surface area contributed by atoms with Crippen molar-refractivity contribution >= 4 is 17.5 Å². The average molecular weight is 458 g/mol. The Balaban J connectivity index is 1.69. The zero-order valence-electron chi connectivity index (χ0n) is 20.3. The molecule has 5 nitrogen and oxygen atoms in total. The zero-order valence-corrected chi connectivity index (χ0v) is 20.3. The molecular formula is C29H35N3O2. The number of carbonyl (C=O) groups is 2. The summed E-state index contributed by atoms with van der Waals surface area (Å²) in [6.45, 7) is 4.97. The third kappa shape index (κ3) is 4.93. The van der Waals surface area contributed by atoms with Gasteiger partial charge in [-0.1, -0.05) is 75.6 Å². The molecule has 0 N–H and O–H groups in total. The van der Waals surface area contributed by atoms with E-state index in [1.165, 1.54) is 0 Å². The van der Waals surface area contributed by atoms with Crippen LogP contribution < -0.4 is 4.90 Å². The molecule has 1 aliphatic heterocycles. The first-order valence-electron chi connectivity index (χ1n) is 12.6. The Kier molecular flexibility index (Phi) is 7.84. The minimum Gasteiger partial charge on any atom is -0.333 e. The van der Waals surface area contributed by atoms with Gasteiger partial charge in [-0.05, 0) is 42.7 Å². The first-order chi connectivity index (χ1) is 16.7. The fraction of sp³-hybridized carbons (Fsp3) is 0.379. The van der Waals surface area contributed by atoms with Gasteiger partial charge >= 0.3 is 0 Å². The summed E-state index contributed by atoms with van der Waals surface area (Å²) in [6.07, 6.45) is 7.42. The van der Waals surface area contributed by atoms with E-state index >= 15 is 0 Å². The number of unbranched alkanes of at least 4 members (excludes halogenated alkanes) is 3. The van der Waals surface area contributed by atoms with Crippen LogP contribution in [0.4, 0.5) is 5.69 Å². The predicted octanol–water partition coefficient (Wildman–Crippen LogP) is 6.12. The standard InChI is InChI=1S/C29H35N3O2/c1-3-5-8-19-27(33)30(20-6-4-2)22-28(34)32-25-17-12-11-16-24(25)31-21-13-18-26(31)29(32)23-14-9-7-10-15-23/h7,9-18,21,29H,3-6,8,19-20,22H2,1-2H3. The molecule has 2 amide bonds. The third-order valence-electron chi connectivity index (χ3n) is 6.56. The monoisotopic (exact) mass is 457 g/mol. The lowest BCUT2D eigenvalue weighted by atomic mass is 9.97. The van der Waals surface area contributed by atoms with Crippen molar-refractivity contribution < 1.29 is 9.59 Å². The number of nitrogens with zero attached hydrogens (tertiary/aromatic N) is 3. The number of rotatable bonds is 10. The highest BCUT2D eigenvalue weighted by Gasteiger charge is 2.36. The highest BCUT2D eigenvalue weighted by molar-refractivity contribution is 6.00. The maximum absolute atomic E-state index is 14.0. The van der Waals surface area contributed by atoms with Crippen molar-refractivity contribution in [3.63, 3.8) is 0 Å². The lowest BCUT2D eigenvalue weighted by Gasteiger charge is -2.39. The van der Waals surface area contributed by atoms with Gasteiger partial charge in [0.1, 0.15) is 12.6 Å². The van der Waals surface area contributed by atoms with Crippen LogP contribution in [-0.4, -0.2) is 34.4 Å². The Bertz CT molecular complexity index is 1110. The molecule has 2 heterocycles. The van der Waals surface area contributed by atoms with Crippen LogP contribution in [0.15, 0.2) is 72.9 Å². The first-order valence-corrected chi connectivity index (χ1v) is 12.6. The number of hydrogen-bond acceptors (Lipinski definition) is 2. The minimum absolute atomic E-state index is 0.0475. The van der Waals surface area contributed by atoms with E-state index in [0.717, 1.165) is 54.7 Å². The highest BCUT2D eigenvalue weighted by Crippen LogP contribution is 2.42. The van der Waals surface area contributed by atoms with Gasteiger partial charge in [-0.2, -0.15) is 0 Å². The molecular weight excluding hydrogens is 422 g/mol. The van der Waals surface area contributed by atoms with Crippen molar-refractivity contribution in [3.8, 4) is 5.69 Å². The van der Waals surface area contributed by atoms with Crippen LogP contribution in [0.1, 0.15) is 69.7 Å². The summed E-state index contributed by atoms with van der Waals surface area (Å²) in [5.41, 5.74) is 3.96. The summed E-state index contributed by atoms with van der Waals surface area (Å²) in [7, 11) is 0. The number of carbonyl (C=O) groups excluding carboxylic acids is 2. The number of para-hydroxylation sites is 2. The molecule has 0 bridgehead atoms. The number of hydrogen-bond donors (Lipinski definition) is 0. The van der Waals surface area contributed by atoms with E-state index in [-0.39, 0.29) is 24.4 Å². The van der Waals surface area contributed by atoms with Crippen LogP contribution in [0.25, 0.3) is 5.69 Å². The summed E-state index contributed by atoms with van der Waals surface area (Å²) in [6, 6.07) is 22.0. The van der Waals surface area contributed by atoms with Crippen LogP contribution in [-0.2, 0) is 9.59 Å². The smallest absolute Gasteiger partial charge is 0.247 e. The molecule has 0 saturated carbocycles. The van der Waals surface area contributed by atoms with Gasteiger partial charge in [0.05, 0.1) is 17.1 Å². The molecule has 5 heteroatoms. The van der Waals surface area contributed by atoms with Crippen molar-refractivity contribution in [3.05, 3.63) is 84.2 Å². The molecule has 3 aromatic rings. The van der Waals surface area contributed by atoms with Gasteiger partial charge in [0.25, 0.3) is 0 Å². The lowest BCUT2D eigenvalue weighted by Crippen LogP contribution is -2.47. The molecule has 4 rings (SSSR count). The topological polar surface area (TPSA) is 45.6 Å². The fourth-order valence-corrected chi connectivity index (χ4v) is 4.78. The molecule has 1 atom stereocenters. The molecule has 1 aromatic heterocycles. The molecule has 0 radical (unpaired) electrons. The van der Waals surface area contributed by atoms with E-state index in [9.17, 15) is 9.59 Å². The van der Waals surface area contributed by atoms with Crippen molar-refractivity contribution in [2.45, 2.75) is 58.4 Å². The second-order valence-corrected chi connectivity index (χ2v) is 8.99. The molecule has 1 unspecified atom stereocenters. The van der Waals surface area contributed by atoms with E-state index in [1.54, 1.807) is 4.90 Å². The first kappa shape index (κ1) is 23.8. The van der Waals surface area contributed by atoms with E-state index in [1.807, 2.05) is 53.4 Å². The van der Waals surface area contributed by atoms with Crippen LogP contribution in [0.5, 0.6) is 0 Å². The fourth-order valence-electron chi connectivity index (χ4n) is 4.78. The Hall–Kier alpha value is -3.34. The maximum atomic E-state index is 14.0. The SMILES string of the molecule is CCCCCC(=O)N(CCCC)CC(=O)N1c2ccccc2-n2cccc2C1c1ccccc1. The molecule has 0 aliphatic carbocycles. The largest absolute Gasteiger partial charge is 0.333 e. The van der Waals surface area contributed by atoms with E-state index in [4.69, 9.17) is 0 Å². The van der Waals surface area contributed by atoms with Gasteiger partial charge in [-0.3, -0.25) is 14.5 Å². The van der Waals surface area contributed by atoms with E-state index in [0.29, 0.717) is 13.0 Å². The van der Waals surface area contributed by atoms with Gasteiger partial charge < -0.3 is 9.47 Å². The summed E-state index contributed by atoms with van der Waals surface area (Å²) in [5, 5.41) is 0. The molecule has 0 spiro atoms. The summed E-state index contributed by atoms with van der Waals surface area (Å²) >= 11 is 0. The average Bonchev–Trinajstić information content (AvgIpc) is 3.36. The van der Waals surface area contributed by atoms with Crippen LogP contribution in [0.3, 0.4) is 0 Å². The number of fused-ring (bicyclic) bond motifs is 3. The Morgan fingerprint density at radius 1 is 0.824 bits per heavy atom. The van der Waals surface area contributed by atoms with Gasteiger partial charge in [-0.25, -0.2) is 0 Å². The number of benzene rings is 2.